The standard InChI is InChI=1S/C38H47N5O6S/c1-40-26-9-10-27(40)22-41(21-26)37(45)38-20-32(38)31-19-28(48-2)11-13-29(31)35-34(24-6-4-3-5-7-24)30-12-8-25(18-33(30)43(35)23-38)36(44)39-50(46,47)42-14-16-49-17-15-42/h8,11-13,18-19,24,26-27,32H,3-7,9-10,14-17,20-23H2,1-2H3,(H,39,44). The Labute approximate surface area is 294 Å². The minimum absolute atomic E-state index is 0.0664. The zero-order chi connectivity index (χ0) is 34.4. The van der Waals surface area contributed by atoms with Gasteiger partial charge in [-0.1, -0.05) is 25.3 Å². The number of piperazine rings is 1. The second kappa shape index (κ2) is 12.1. The van der Waals surface area contributed by atoms with E-state index in [0.717, 1.165) is 73.1 Å². The molecule has 5 fully saturated rings. The van der Waals surface area contributed by atoms with Crippen molar-refractivity contribution >= 4 is 32.9 Å². The van der Waals surface area contributed by atoms with Crippen LogP contribution in [-0.2, 0) is 26.3 Å². The van der Waals surface area contributed by atoms with E-state index in [4.69, 9.17) is 9.47 Å². The molecule has 4 atom stereocenters. The van der Waals surface area contributed by atoms with Gasteiger partial charge in [-0.3, -0.25) is 14.5 Å². The highest BCUT2D eigenvalue weighted by molar-refractivity contribution is 7.87. The number of benzene rings is 2. The monoisotopic (exact) mass is 701 g/mol. The lowest BCUT2D eigenvalue weighted by atomic mass is 9.81. The summed E-state index contributed by atoms with van der Waals surface area (Å²) in [4.78, 5) is 33.2. The summed E-state index contributed by atoms with van der Waals surface area (Å²) in [6, 6.07) is 12.8. The SMILES string of the molecule is COc1ccc2c(c1)C1CC1(C(=O)N1CC3CCC(C1)N3C)Cn1c-2c(C2CCCCC2)c2ccc(C(=O)NS(=O)(=O)N3CCOCC3)cc21. The van der Waals surface area contributed by atoms with Crippen molar-refractivity contribution in [1.29, 1.82) is 0 Å². The molecule has 0 spiro atoms. The van der Waals surface area contributed by atoms with Crippen LogP contribution in [0.2, 0.25) is 0 Å². The topological polar surface area (TPSA) is 113 Å². The molecule has 266 valence electrons. The molecular formula is C38H47N5O6S. The molecule has 9 rings (SSSR count). The fourth-order valence-corrected chi connectivity index (χ4v) is 11.2. The lowest BCUT2D eigenvalue weighted by Crippen LogP contribution is -2.55. The maximum atomic E-state index is 14.9. The van der Waals surface area contributed by atoms with Gasteiger partial charge >= 0.3 is 10.2 Å². The number of nitrogens with zero attached hydrogens (tertiary/aromatic N) is 4. The number of carbonyl (C=O) groups excluding carboxylic acids is 2. The third-order valence-electron chi connectivity index (χ3n) is 12.9. The summed E-state index contributed by atoms with van der Waals surface area (Å²) >= 11 is 0. The van der Waals surface area contributed by atoms with Gasteiger partial charge in [0, 0.05) is 72.8 Å². The molecule has 12 heteroatoms. The minimum atomic E-state index is -4.03. The normalized spacial score (nSPS) is 28.4. The van der Waals surface area contributed by atoms with Gasteiger partial charge in [0.2, 0.25) is 5.91 Å². The summed E-state index contributed by atoms with van der Waals surface area (Å²) in [5.74, 6) is 0.791. The number of carbonyl (C=O) groups is 2. The number of nitrogens with one attached hydrogen (secondary N) is 1. The van der Waals surface area contributed by atoms with E-state index >= 15 is 0 Å². The van der Waals surface area contributed by atoms with E-state index in [1.165, 1.54) is 34.7 Å². The molecule has 4 aliphatic heterocycles. The van der Waals surface area contributed by atoms with Crippen LogP contribution in [0.25, 0.3) is 22.2 Å². The first-order valence-electron chi connectivity index (χ1n) is 18.4. The summed E-state index contributed by atoms with van der Waals surface area (Å²) in [5, 5.41) is 1.08. The number of hydrogen-bond donors (Lipinski definition) is 1. The fourth-order valence-electron chi connectivity index (χ4n) is 10.0. The lowest BCUT2D eigenvalue weighted by Gasteiger charge is -2.40. The van der Waals surface area contributed by atoms with E-state index in [9.17, 15) is 18.0 Å². The molecule has 11 nitrogen and oxygen atoms in total. The van der Waals surface area contributed by atoms with Crippen molar-refractivity contribution in [3.05, 3.63) is 53.1 Å². The van der Waals surface area contributed by atoms with Gasteiger partial charge in [0.15, 0.2) is 0 Å². The number of amides is 2. The van der Waals surface area contributed by atoms with Crippen LogP contribution in [0, 0.1) is 5.41 Å². The highest BCUT2D eigenvalue weighted by atomic mass is 32.2. The van der Waals surface area contributed by atoms with Crippen LogP contribution in [0.1, 0.15) is 84.7 Å². The zero-order valence-electron chi connectivity index (χ0n) is 29.0. The highest BCUT2D eigenvalue weighted by Gasteiger charge is 2.64. The summed E-state index contributed by atoms with van der Waals surface area (Å²) in [6.45, 7) is 3.05. The second-order valence-corrected chi connectivity index (χ2v) is 17.2. The van der Waals surface area contributed by atoms with Crippen molar-refractivity contribution in [2.24, 2.45) is 5.41 Å². The Morgan fingerprint density at radius 1 is 0.960 bits per heavy atom. The fraction of sp³-hybridized carbons (Fsp3) is 0.579. The summed E-state index contributed by atoms with van der Waals surface area (Å²) in [6.07, 6.45) is 8.78. The number of likely N-dealkylation sites (N-methyl/N-ethyl adjacent to an activating group) is 1. The predicted molar refractivity (Wildman–Crippen MR) is 189 cm³/mol. The van der Waals surface area contributed by atoms with E-state index < -0.39 is 21.5 Å². The third kappa shape index (κ3) is 5.11. The molecule has 2 aromatic carbocycles. The molecule has 2 saturated carbocycles. The minimum Gasteiger partial charge on any atom is -0.497 e. The Bertz CT molecular complexity index is 1970. The van der Waals surface area contributed by atoms with Crippen molar-refractivity contribution in [1.82, 2.24) is 23.4 Å². The number of hydrogen-bond acceptors (Lipinski definition) is 7. The maximum absolute atomic E-state index is 14.9. The summed E-state index contributed by atoms with van der Waals surface area (Å²) < 4.78 is 43.3. The Balaban J connectivity index is 1.18. The van der Waals surface area contributed by atoms with Crippen LogP contribution in [0.15, 0.2) is 36.4 Å². The van der Waals surface area contributed by atoms with Crippen LogP contribution < -0.4 is 9.46 Å². The molecule has 3 aromatic rings. The Morgan fingerprint density at radius 2 is 1.70 bits per heavy atom. The number of methoxy groups -OCH3 is 1. The van der Waals surface area contributed by atoms with Crippen LogP contribution in [0.5, 0.6) is 5.75 Å². The quantitative estimate of drug-likeness (QED) is 0.404. The zero-order valence-corrected chi connectivity index (χ0v) is 29.8. The number of ether oxygens (including phenoxy) is 2. The van der Waals surface area contributed by atoms with Crippen LogP contribution in [-0.4, -0.2) is 105 Å². The van der Waals surface area contributed by atoms with Crippen LogP contribution in [0.3, 0.4) is 0 Å². The molecule has 0 radical (unpaired) electrons. The number of rotatable bonds is 6. The molecule has 1 aromatic heterocycles. The first kappa shape index (κ1) is 32.5. The van der Waals surface area contributed by atoms with Crippen LogP contribution >= 0.6 is 0 Å². The van der Waals surface area contributed by atoms with Gasteiger partial charge < -0.3 is 18.9 Å². The molecule has 1 N–H and O–H groups in total. The average molecular weight is 702 g/mol. The molecule has 5 heterocycles. The number of morpholine rings is 1. The van der Waals surface area contributed by atoms with E-state index in [0.29, 0.717) is 37.8 Å². The van der Waals surface area contributed by atoms with Gasteiger partial charge in [0.25, 0.3) is 5.91 Å². The highest BCUT2D eigenvalue weighted by Crippen LogP contribution is 2.66. The largest absolute Gasteiger partial charge is 0.497 e. The van der Waals surface area contributed by atoms with Crippen molar-refractivity contribution < 1.29 is 27.5 Å². The third-order valence-corrected chi connectivity index (χ3v) is 14.4. The molecule has 2 aliphatic carbocycles. The van der Waals surface area contributed by atoms with Crippen molar-refractivity contribution in [2.75, 3.05) is 53.6 Å². The smallest absolute Gasteiger partial charge is 0.304 e. The van der Waals surface area contributed by atoms with E-state index in [-0.39, 0.29) is 30.5 Å². The van der Waals surface area contributed by atoms with E-state index in [1.54, 1.807) is 13.2 Å². The van der Waals surface area contributed by atoms with Gasteiger partial charge in [-0.25, -0.2) is 4.72 Å². The molecule has 6 aliphatic rings. The van der Waals surface area contributed by atoms with Crippen molar-refractivity contribution in [2.45, 2.75) is 81.8 Å². The summed E-state index contributed by atoms with van der Waals surface area (Å²) in [5.41, 5.74) is 5.31. The van der Waals surface area contributed by atoms with E-state index in [1.807, 2.05) is 18.2 Å². The predicted octanol–water partition coefficient (Wildman–Crippen LogP) is 4.46. The molecule has 50 heavy (non-hydrogen) atoms. The number of aromatic nitrogens is 1. The Morgan fingerprint density at radius 3 is 2.42 bits per heavy atom. The molecule has 2 amide bonds. The Hall–Kier alpha value is -3.45. The second-order valence-electron chi connectivity index (χ2n) is 15.5. The Kier molecular flexibility index (Phi) is 7.83. The maximum Gasteiger partial charge on any atom is 0.304 e. The first-order valence-corrected chi connectivity index (χ1v) is 19.9. The number of fused-ring (bicyclic) bond motifs is 9. The van der Waals surface area contributed by atoms with Crippen molar-refractivity contribution in [3.8, 4) is 17.0 Å². The van der Waals surface area contributed by atoms with E-state index in [2.05, 4.69) is 38.3 Å². The van der Waals surface area contributed by atoms with Crippen LogP contribution in [0.4, 0.5) is 0 Å². The first-order chi connectivity index (χ1) is 24.2. The van der Waals surface area contributed by atoms with Gasteiger partial charge in [-0.05, 0) is 86.5 Å². The lowest BCUT2D eigenvalue weighted by molar-refractivity contribution is -0.141. The summed E-state index contributed by atoms with van der Waals surface area (Å²) in [7, 11) is -0.137. The van der Waals surface area contributed by atoms with Gasteiger partial charge in [0.05, 0.1) is 31.4 Å². The molecule has 3 saturated heterocycles. The molecule has 4 unspecified atom stereocenters. The van der Waals surface area contributed by atoms with Gasteiger partial charge in [-0.15, -0.1) is 0 Å². The molecule has 2 bridgehead atoms. The molecular weight excluding hydrogens is 655 g/mol. The van der Waals surface area contributed by atoms with Crippen molar-refractivity contribution in [3.63, 3.8) is 0 Å². The number of likely N-dealkylation sites (tertiary alicyclic amines) is 1. The van der Waals surface area contributed by atoms with Gasteiger partial charge in [0.1, 0.15) is 5.75 Å². The average Bonchev–Trinajstić information content (AvgIpc) is 3.76. The van der Waals surface area contributed by atoms with Gasteiger partial charge in [-0.2, -0.15) is 12.7 Å².